The number of aromatic carboxylic acids is 1. The molecular formula is C12H16N4O4. The maximum absolute atomic E-state index is 12.0. The van der Waals surface area contributed by atoms with E-state index >= 15 is 0 Å². The van der Waals surface area contributed by atoms with E-state index in [9.17, 15) is 9.59 Å². The minimum Gasteiger partial charge on any atom is -0.478 e. The highest BCUT2D eigenvalue weighted by Crippen LogP contribution is 2.15. The Balaban J connectivity index is 2.18. The van der Waals surface area contributed by atoms with Crippen molar-refractivity contribution in [3.05, 3.63) is 18.0 Å². The highest BCUT2D eigenvalue weighted by molar-refractivity contribution is 5.87. The molecule has 1 unspecified atom stereocenters. The van der Waals surface area contributed by atoms with Gasteiger partial charge in [-0.3, -0.25) is 4.79 Å². The number of rotatable bonds is 4. The number of carbonyl (C=O) groups excluding carboxylic acids is 1. The molecule has 0 aliphatic carbocycles. The Bertz CT molecular complexity index is 491. The molecule has 1 atom stereocenters. The molecule has 0 radical (unpaired) electrons. The first-order chi connectivity index (χ1) is 9.63. The van der Waals surface area contributed by atoms with E-state index in [0.717, 1.165) is 0 Å². The molecule has 1 fully saturated rings. The van der Waals surface area contributed by atoms with Gasteiger partial charge in [0.2, 0.25) is 11.9 Å². The first kappa shape index (κ1) is 14.2. The fraction of sp³-hybridized carbons (Fsp3) is 0.500. The first-order valence-electron chi connectivity index (χ1n) is 6.31. The van der Waals surface area contributed by atoms with Gasteiger partial charge in [0.15, 0.2) is 0 Å². The van der Waals surface area contributed by atoms with Gasteiger partial charge in [0.05, 0.1) is 18.8 Å². The van der Waals surface area contributed by atoms with E-state index in [1.54, 1.807) is 4.90 Å². The monoisotopic (exact) mass is 280 g/mol. The van der Waals surface area contributed by atoms with E-state index in [1.165, 1.54) is 12.4 Å². The number of anilines is 1. The molecule has 0 bridgehead atoms. The highest BCUT2D eigenvalue weighted by atomic mass is 16.5. The minimum atomic E-state index is -1.08. The third-order valence-electron chi connectivity index (χ3n) is 2.92. The number of amides is 1. The predicted octanol–water partition coefficient (Wildman–Crippen LogP) is -0.484. The summed E-state index contributed by atoms with van der Waals surface area (Å²) in [6.07, 6.45) is 2.46. The summed E-state index contributed by atoms with van der Waals surface area (Å²) in [5.41, 5.74) is 0.0107. The Labute approximate surface area is 115 Å². The van der Waals surface area contributed by atoms with Crippen LogP contribution in [0.2, 0.25) is 0 Å². The number of likely N-dealkylation sites (N-methyl/N-ethyl adjacent to an activating group) is 1. The van der Waals surface area contributed by atoms with Gasteiger partial charge in [0, 0.05) is 25.5 Å². The van der Waals surface area contributed by atoms with Crippen LogP contribution in [0.3, 0.4) is 0 Å². The summed E-state index contributed by atoms with van der Waals surface area (Å²) in [7, 11) is 0. The fourth-order valence-corrected chi connectivity index (χ4v) is 1.93. The second kappa shape index (κ2) is 6.29. The van der Waals surface area contributed by atoms with E-state index in [1.807, 2.05) is 6.92 Å². The molecule has 2 rings (SSSR count). The minimum absolute atomic E-state index is 0.0107. The maximum atomic E-state index is 12.0. The number of ether oxygens (including phenoxy) is 1. The molecule has 1 amide bonds. The van der Waals surface area contributed by atoms with Crippen LogP contribution in [0.1, 0.15) is 17.3 Å². The number of nitrogens with one attached hydrogen (secondary N) is 1. The van der Waals surface area contributed by atoms with Gasteiger partial charge < -0.3 is 20.1 Å². The zero-order chi connectivity index (χ0) is 14.5. The lowest BCUT2D eigenvalue weighted by Gasteiger charge is -2.34. The summed E-state index contributed by atoms with van der Waals surface area (Å²) in [6.45, 7) is 3.58. The Morgan fingerprint density at radius 2 is 2.20 bits per heavy atom. The number of hydrogen-bond acceptors (Lipinski definition) is 6. The Hall–Kier alpha value is -2.22. The molecule has 8 nitrogen and oxygen atoms in total. The first-order valence-corrected chi connectivity index (χ1v) is 6.31. The van der Waals surface area contributed by atoms with Gasteiger partial charge in [-0.25, -0.2) is 14.8 Å². The molecule has 0 spiro atoms. The molecule has 20 heavy (non-hydrogen) atoms. The molecule has 1 aliphatic rings. The molecule has 1 aliphatic heterocycles. The highest BCUT2D eigenvalue weighted by Gasteiger charge is 2.30. The number of nitrogens with zero attached hydrogens (tertiary/aromatic N) is 3. The van der Waals surface area contributed by atoms with Crippen LogP contribution in [0, 0.1) is 0 Å². The van der Waals surface area contributed by atoms with Crippen molar-refractivity contribution in [3.63, 3.8) is 0 Å². The number of aromatic nitrogens is 2. The predicted molar refractivity (Wildman–Crippen MR) is 69.6 cm³/mol. The molecule has 1 saturated heterocycles. The van der Waals surface area contributed by atoms with E-state index in [-0.39, 0.29) is 18.1 Å². The van der Waals surface area contributed by atoms with Gasteiger partial charge in [-0.05, 0) is 6.92 Å². The van der Waals surface area contributed by atoms with Crippen LogP contribution in [-0.4, -0.2) is 59.3 Å². The van der Waals surface area contributed by atoms with Crippen molar-refractivity contribution in [3.8, 4) is 0 Å². The summed E-state index contributed by atoms with van der Waals surface area (Å²) in [5.74, 6) is -0.911. The molecule has 2 N–H and O–H groups in total. The average molecular weight is 280 g/mol. The van der Waals surface area contributed by atoms with Crippen LogP contribution in [-0.2, 0) is 9.53 Å². The van der Waals surface area contributed by atoms with Crippen molar-refractivity contribution < 1.29 is 19.4 Å². The van der Waals surface area contributed by atoms with Crippen molar-refractivity contribution in [2.24, 2.45) is 0 Å². The average Bonchev–Trinajstić information content (AvgIpc) is 2.47. The van der Waals surface area contributed by atoms with Gasteiger partial charge in [-0.2, -0.15) is 0 Å². The SMILES string of the molecule is CCNC(=O)C1COCCN1c1ncc(C(=O)O)cn1. The third-order valence-corrected chi connectivity index (χ3v) is 2.92. The van der Waals surface area contributed by atoms with Gasteiger partial charge in [0.25, 0.3) is 0 Å². The van der Waals surface area contributed by atoms with Crippen molar-refractivity contribution in [2.75, 3.05) is 31.2 Å². The standard InChI is InChI=1S/C12H16N4O4/c1-2-13-10(17)9-7-20-4-3-16(9)12-14-5-8(6-15-12)11(18)19/h5-6,9H,2-4,7H2,1H3,(H,13,17)(H,18,19). The molecular weight excluding hydrogens is 264 g/mol. The van der Waals surface area contributed by atoms with E-state index in [4.69, 9.17) is 9.84 Å². The number of carbonyl (C=O) groups is 2. The van der Waals surface area contributed by atoms with Crippen molar-refractivity contribution in [1.82, 2.24) is 15.3 Å². The van der Waals surface area contributed by atoms with E-state index in [2.05, 4.69) is 15.3 Å². The molecule has 8 heteroatoms. The summed E-state index contributed by atoms with van der Waals surface area (Å²) >= 11 is 0. The van der Waals surface area contributed by atoms with Crippen LogP contribution in [0.25, 0.3) is 0 Å². The zero-order valence-electron chi connectivity index (χ0n) is 11.1. The Morgan fingerprint density at radius 1 is 1.50 bits per heavy atom. The lowest BCUT2D eigenvalue weighted by atomic mass is 10.2. The molecule has 2 heterocycles. The quantitative estimate of drug-likeness (QED) is 0.767. The van der Waals surface area contributed by atoms with Gasteiger partial charge in [-0.15, -0.1) is 0 Å². The summed E-state index contributed by atoms with van der Waals surface area (Å²) in [6, 6.07) is -0.501. The second-order valence-corrected chi connectivity index (χ2v) is 4.26. The molecule has 0 saturated carbocycles. The van der Waals surface area contributed by atoms with Gasteiger partial charge >= 0.3 is 5.97 Å². The zero-order valence-corrected chi connectivity index (χ0v) is 11.1. The lowest BCUT2D eigenvalue weighted by Crippen LogP contribution is -2.54. The smallest absolute Gasteiger partial charge is 0.338 e. The van der Waals surface area contributed by atoms with Crippen molar-refractivity contribution in [1.29, 1.82) is 0 Å². The summed E-state index contributed by atoms with van der Waals surface area (Å²) in [4.78, 5) is 32.5. The number of hydrogen-bond donors (Lipinski definition) is 2. The number of carboxylic acids is 1. The molecule has 108 valence electrons. The summed E-state index contributed by atoms with van der Waals surface area (Å²) < 4.78 is 5.31. The van der Waals surface area contributed by atoms with Gasteiger partial charge in [-0.1, -0.05) is 0 Å². The maximum Gasteiger partial charge on any atom is 0.338 e. The topological polar surface area (TPSA) is 105 Å². The van der Waals surface area contributed by atoms with E-state index in [0.29, 0.717) is 25.6 Å². The lowest BCUT2D eigenvalue weighted by molar-refractivity contribution is -0.124. The van der Waals surface area contributed by atoms with Crippen LogP contribution in [0.4, 0.5) is 5.95 Å². The van der Waals surface area contributed by atoms with Crippen LogP contribution in [0.15, 0.2) is 12.4 Å². The van der Waals surface area contributed by atoms with Crippen molar-refractivity contribution in [2.45, 2.75) is 13.0 Å². The number of morpholine rings is 1. The second-order valence-electron chi connectivity index (χ2n) is 4.26. The normalized spacial score (nSPS) is 18.6. The van der Waals surface area contributed by atoms with Crippen molar-refractivity contribution >= 4 is 17.8 Å². The Morgan fingerprint density at radius 3 is 2.80 bits per heavy atom. The fourth-order valence-electron chi connectivity index (χ4n) is 1.93. The van der Waals surface area contributed by atoms with Crippen LogP contribution >= 0.6 is 0 Å². The number of carboxylic acid groups (broad SMARTS) is 1. The van der Waals surface area contributed by atoms with Crippen LogP contribution < -0.4 is 10.2 Å². The van der Waals surface area contributed by atoms with Crippen LogP contribution in [0.5, 0.6) is 0 Å². The van der Waals surface area contributed by atoms with Gasteiger partial charge in [0.1, 0.15) is 6.04 Å². The van der Waals surface area contributed by atoms with E-state index < -0.39 is 12.0 Å². The Kier molecular flexibility index (Phi) is 4.46. The molecule has 1 aromatic rings. The third kappa shape index (κ3) is 3.02. The molecule has 1 aromatic heterocycles. The molecule has 0 aromatic carbocycles. The largest absolute Gasteiger partial charge is 0.478 e. The summed E-state index contributed by atoms with van der Waals surface area (Å²) in [5, 5.41) is 11.6.